The Morgan fingerprint density at radius 3 is 0.769 bits per heavy atom. The van der Waals surface area contributed by atoms with Crippen LogP contribution in [0.1, 0.15) is 41.5 Å². The van der Waals surface area contributed by atoms with Gasteiger partial charge in [-0.1, -0.05) is 0 Å². The Balaban J connectivity index is 5.02. The zero-order valence-electron chi connectivity index (χ0n) is 9.68. The van der Waals surface area contributed by atoms with E-state index in [1.165, 1.54) is 0 Å². The molecule has 4 heteroatoms. The lowest BCUT2D eigenvalue weighted by atomic mass is 10.4. The fourth-order valence-electron chi connectivity index (χ4n) is 2.23. The maximum absolute atomic E-state index is 6.12. The van der Waals surface area contributed by atoms with Gasteiger partial charge in [-0.25, -0.2) is 0 Å². The third-order valence-electron chi connectivity index (χ3n) is 1.73. The predicted molar refractivity (Wildman–Crippen MR) is 61.7 cm³/mol. The second-order valence-corrected chi connectivity index (χ2v) is 9.43. The van der Waals surface area contributed by atoms with E-state index in [0.29, 0.717) is 0 Å². The fraction of sp³-hybridized carbons (Fsp3) is 1.00. The van der Waals surface area contributed by atoms with Crippen molar-refractivity contribution in [1.29, 1.82) is 0 Å². The minimum atomic E-state index is -0.650. The van der Waals surface area contributed by atoms with Crippen molar-refractivity contribution < 1.29 is 0 Å². The van der Waals surface area contributed by atoms with Crippen LogP contribution in [0.3, 0.4) is 0 Å². The van der Waals surface area contributed by atoms with Crippen LogP contribution in [0.2, 0.25) is 0 Å². The van der Waals surface area contributed by atoms with E-state index in [0.717, 1.165) is 0 Å². The van der Waals surface area contributed by atoms with E-state index in [2.05, 4.69) is 0 Å². The summed E-state index contributed by atoms with van der Waals surface area (Å²) in [5, 5.41) is -0.899. The van der Waals surface area contributed by atoms with Crippen molar-refractivity contribution in [2.75, 3.05) is 0 Å². The van der Waals surface area contributed by atoms with Gasteiger partial charge < -0.3 is 17.2 Å². The van der Waals surface area contributed by atoms with Crippen LogP contribution in [-0.2, 0) is 0 Å². The van der Waals surface area contributed by atoms with E-state index in [1.54, 1.807) is 0 Å². The molecule has 0 saturated carbocycles. The van der Waals surface area contributed by atoms with Gasteiger partial charge in [-0.2, -0.15) is 0 Å². The Bertz CT molecular complexity index is 137. The van der Waals surface area contributed by atoms with E-state index >= 15 is 0 Å². The summed E-state index contributed by atoms with van der Waals surface area (Å²) in [6.07, 6.45) is 0. The smallest absolute Gasteiger partial charge is 0.0333 e. The first kappa shape index (κ1) is 13.3. The van der Waals surface area contributed by atoms with Crippen LogP contribution in [0.25, 0.3) is 0 Å². The van der Waals surface area contributed by atoms with Crippen LogP contribution < -0.4 is 17.2 Å². The maximum atomic E-state index is 6.12. The summed E-state index contributed by atoms with van der Waals surface area (Å²) in [5.74, 6) is 0. The molecule has 13 heavy (non-hydrogen) atoms. The highest BCUT2D eigenvalue weighted by Crippen LogP contribution is 2.61. The lowest BCUT2D eigenvalue weighted by molar-refractivity contribution is 0.604. The summed E-state index contributed by atoms with van der Waals surface area (Å²) in [6, 6.07) is 0. The summed E-state index contributed by atoms with van der Waals surface area (Å²) in [4.78, 5) is 0. The van der Waals surface area contributed by atoms with Crippen molar-refractivity contribution in [2.24, 2.45) is 17.2 Å². The van der Waals surface area contributed by atoms with E-state index in [-0.39, 0.29) is 15.8 Å². The molecular formula is C9H24N3P. The molecule has 0 radical (unpaired) electrons. The van der Waals surface area contributed by atoms with Crippen molar-refractivity contribution in [3.8, 4) is 0 Å². The third-order valence-corrected chi connectivity index (χ3v) is 5.19. The van der Waals surface area contributed by atoms with Gasteiger partial charge in [0, 0.05) is 15.8 Å². The van der Waals surface area contributed by atoms with Gasteiger partial charge in [-0.05, 0) is 49.5 Å². The van der Waals surface area contributed by atoms with Crippen molar-refractivity contribution in [1.82, 2.24) is 0 Å². The van der Waals surface area contributed by atoms with Crippen molar-refractivity contribution in [3.05, 3.63) is 0 Å². The summed E-state index contributed by atoms with van der Waals surface area (Å²) >= 11 is 0. The number of rotatable bonds is 3. The molecule has 0 aliphatic heterocycles. The summed E-state index contributed by atoms with van der Waals surface area (Å²) in [6.45, 7) is 12.0. The van der Waals surface area contributed by atoms with Crippen LogP contribution in [0.15, 0.2) is 0 Å². The second-order valence-electron chi connectivity index (χ2n) is 5.30. The Kier molecular flexibility index (Phi) is 3.55. The Labute approximate surface area is 83.2 Å². The zero-order chi connectivity index (χ0) is 11.1. The normalized spacial score (nSPS) is 15.2. The van der Waals surface area contributed by atoms with Crippen molar-refractivity contribution >= 4 is 7.92 Å². The topological polar surface area (TPSA) is 78.1 Å². The molecule has 0 aromatic rings. The number of hydrogen-bond donors (Lipinski definition) is 3. The van der Waals surface area contributed by atoms with Gasteiger partial charge in [-0.3, -0.25) is 0 Å². The zero-order valence-corrected chi connectivity index (χ0v) is 10.6. The SMILES string of the molecule is CC(C)(N)P(C(C)(C)N)C(C)(C)N. The molecule has 0 aromatic carbocycles. The average Bonchev–Trinajstić information content (AvgIpc) is 1.44. The quantitative estimate of drug-likeness (QED) is 0.612. The molecule has 0 bridgehead atoms. The largest absolute Gasteiger partial charge is 0.322 e. The molecule has 0 aromatic heterocycles. The maximum Gasteiger partial charge on any atom is 0.0333 e. The van der Waals surface area contributed by atoms with Crippen LogP contribution in [-0.4, -0.2) is 15.8 Å². The first-order valence-corrected chi connectivity index (χ1v) is 5.88. The first-order chi connectivity index (χ1) is 5.37. The molecule has 80 valence electrons. The average molecular weight is 205 g/mol. The van der Waals surface area contributed by atoms with E-state index in [4.69, 9.17) is 17.2 Å². The van der Waals surface area contributed by atoms with Crippen LogP contribution >= 0.6 is 7.92 Å². The molecule has 3 nitrogen and oxygen atoms in total. The molecule has 0 atom stereocenters. The standard InChI is InChI=1S/C9H24N3P/c1-7(2,10)13(8(3,4)11)9(5,6)12/h10-12H2,1-6H3. The molecule has 0 aliphatic carbocycles. The number of nitrogens with two attached hydrogens (primary N) is 3. The van der Waals surface area contributed by atoms with Crippen LogP contribution in [0.4, 0.5) is 0 Å². The molecular weight excluding hydrogens is 181 g/mol. The lowest BCUT2D eigenvalue weighted by Gasteiger charge is -2.48. The van der Waals surface area contributed by atoms with E-state index < -0.39 is 7.92 Å². The van der Waals surface area contributed by atoms with Gasteiger partial charge in [0.05, 0.1) is 0 Å². The number of hydrogen-bond acceptors (Lipinski definition) is 3. The van der Waals surface area contributed by atoms with Crippen LogP contribution in [0, 0.1) is 0 Å². The van der Waals surface area contributed by atoms with Crippen LogP contribution in [0.5, 0.6) is 0 Å². The molecule has 0 heterocycles. The summed E-state index contributed by atoms with van der Waals surface area (Å²) < 4.78 is 0. The van der Waals surface area contributed by atoms with Gasteiger partial charge in [-0.15, -0.1) is 0 Å². The second kappa shape index (κ2) is 3.47. The molecule has 0 amide bonds. The van der Waals surface area contributed by atoms with Crippen molar-refractivity contribution in [3.63, 3.8) is 0 Å². The molecule has 0 saturated heterocycles. The highest BCUT2D eigenvalue weighted by atomic mass is 31.1. The molecule has 0 spiro atoms. The van der Waals surface area contributed by atoms with Gasteiger partial charge in [0.15, 0.2) is 0 Å². The highest BCUT2D eigenvalue weighted by Gasteiger charge is 2.43. The first-order valence-electron chi connectivity index (χ1n) is 4.54. The van der Waals surface area contributed by atoms with E-state index in [1.807, 2.05) is 41.5 Å². The molecule has 0 unspecified atom stereocenters. The van der Waals surface area contributed by atoms with Crippen molar-refractivity contribution in [2.45, 2.75) is 57.4 Å². The van der Waals surface area contributed by atoms with Gasteiger partial charge in [0.1, 0.15) is 0 Å². The Hall–Kier alpha value is 0.310. The minimum absolute atomic E-state index is 0.300. The van der Waals surface area contributed by atoms with E-state index in [9.17, 15) is 0 Å². The predicted octanol–water partition coefficient (Wildman–Crippen LogP) is 1.55. The molecule has 6 N–H and O–H groups in total. The fourth-order valence-corrected chi connectivity index (χ4v) is 6.68. The third kappa shape index (κ3) is 3.90. The lowest BCUT2D eigenvalue weighted by Crippen LogP contribution is -2.51. The highest BCUT2D eigenvalue weighted by molar-refractivity contribution is 7.62. The Morgan fingerprint density at radius 1 is 0.615 bits per heavy atom. The minimum Gasteiger partial charge on any atom is -0.322 e. The monoisotopic (exact) mass is 205 g/mol. The molecule has 0 aliphatic rings. The van der Waals surface area contributed by atoms with Gasteiger partial charge in [0.25, 0.3) is 0 Å². The summed E-state index contributed by atoms with van der Waals surface area (Å²) in [5.41, 5.74) is 18.4. The molecule has 0 fully saturated rings. The molecule has 0 rings (SSSR count). The Morgan fingerprint density at radius 2 is 0.769 bits per heavy atom. The van der Waals surface area contributed by atoms with Gasteiger partial charge >= 0.3 is 0 Å². The van der Waals surface area contributed by atoms with Gasteiger partial charge in [0.2, 0.25) is 0 Å². The summed E-state index contributed by atoms with van der Waals surface area (Å²) in [7, 11) is -0.650.